The lowest BCUT2D eigenvalue weighted by Gasteiger charge is -2.20. The molecule has 1 aromatic heterocycles. The third-order valence-corrected chi connectivity index (χ3v) is 7.87. The highest BCUT2D eigenvalue weighted by Crippen LogP contribution is 2.34. The number of fused-ring (bicyclic) bond motifs is 3. The summed E-state index contributed by atoms with van der Waals surface area (Å²) in [6.07, 6.45) is 12.6. The van der Waals surface area contributed by atoms with Crippen LogP contribution in [0.4, 0.5) is 5.69 Å². The third-order valence-electron chi connectivity index (χ3n) is 7.87. The molecule has 0 N–H and O–H groups in total. The number of unbranched alkanes of at least 4 members (excludes halogenated alkanes) is 1. The van der Waals surface area contributed by atoms with Crippen LogP contribution in [0.15, 0.2) is 36.4 Å². The number of carbonyl (C=O) groups excluding carboxylic acids is 1. The van der Waals surface area contributed by atoms with Crippen LogP contribution in [-0.4, -0.2) is 15.3 Å². The molecule has 0 radical (unpaired) electrons. The Kier molecular flexibility index (Phi) is 8.02. The topological polar surface area (TPSA) is 65.1 Å². The Morgan fingerprint density at radius 1 is 1.06 bits per heavy atom. The van der Waals surface area contributed by atoms with Gasteiger partial charge in [-0.1, -0.05) is 65.2 Å². The first-order valence-electron chi connectivity index (χ1n) is 13.2. The highest BCUT2D eigenvalue weighted by Gasteiger charge is 2.20. The fraction of sp³-hybridized carbons (Fsp3) is 0.552. The van der Waals surface area contributed by atoms with Gasteiger partial charge in [0.2, 0.25) is 0 Å². The molecule has 5 heteroatoms. The van der Waals surface area contributed by atoms with Gasteiger partial charge in [-0.3, -0.25) is 14.9 Å². The van der Waals surface area contributed by atoms with E-state index in [2.05, 4.69) is 24.5 Å². The normalized spacial score (nSPS) is 15.7. The second-order valence-electron chi connectivity index (χ2n) is 10.2. The van der Waals surface area contributed by atoms with Crippen molar-refractivity contribution >= 4 is 33.3 Å². The van der Waals surface area contributed by atoms with E-state index in [0.717, 1.165) is 46.8 Å². The van der Waals surface area contributed by atoms with Crippen LogP contribution in [0.1, 0.15) is 94.8 Å². The molecule has 0 saturated heterocycles. The smallest absolute Gasteiger partial charge is 0.270 e. The van der Waals surface area contributed by atoms with Crippen molar-refractivity contribution < 1.29 is 9.72 Å². The highest BCUT2D eigenvalue weighted by molar-refractivity contribution is 6.11. The Morgan fingerprint density at radius 2 is 1.76 bits per heavy atom. The van der Waals surface area contributed by atoms with Crippen LogP contribution in [0, 0.1) is 22.0 Å². The molecule has 5 nitrogen and oxygen atoms in total. The number of nitrogens with zero attached hydrogens (tertiary/aromatic N) is 2. The predicted molar refractivity (Wildman–Crippen MR) is 140 cm³/mol. The van der Waals surface area contributed by atoms with Crippen LogP contribution in [0.3, 0.4) is 0 Å². The molecule has 2 aromatic carbocycles. The van der Waals surface area contributed by atoms with E-state index in [1.54, 1.807) is 12.1 Å². The lowest BCUT2D eigenvalue weighted by Crippen LogP contribution is -2.10. The summed E-state index contributed by atoms with van der Waals surface area (Å²) in [7, 11) is 0. The number of non-ortho nitro benzene ring substituents is 1. The van der Waals surface area contributed by atoms with E-state index in [1.165, 1.54) is 51.4 Å². The molecule has 34 heavy (non-hydrogen) atoms. The van der Waals surface area contributed by atoms with Crippen LogP contribution < -0.4 is 0 Å². The number of ketones is 1. The second kappa shape index (κ2) is 11.2. The van der Waals surface area contributed by atoms with Gasteiger partial charge in [0.15, 0.2) is 5.78 Å². The van der Waals surface area contributed by atoms with E-state index in [0.29, 0.717) is 18.3 Å². The van der Waals surface area contributed by atoms with Gasteiger partial charge >= 0.3 is 0 Å². The number of nitro benzene ring substituents is 1. The van der Waals surface area contributed by atoms with E-state index in [-0.39, 0.29) is 16.4 Å². The zero-order valence-corrected chi connectivity index (χ0v) is 20.7. The first kappa shape index (κ1) is 24.4. The minimum atomic E-state index is -0.335. The van der Waals surface area contributed by atoms with Crippen molar-refractivity contribution in [3.63, 3.8) is 0 Å². The van der Waals surface area contributed by atoms with Crippen LogP contribution in [0.5, 0.6) is 0 Å². The molecule has 0 amide bonds. The van der Waals surface area contributed by atoms with Gasteiger partial charge in [-0.2, -0.15) is 0 Å². The van der Waals surface area contributed by atoms with Crippen molar-refractivity contribution in [3.8, 4) is 0 Å². The summed E-state index contributed by atoms with van der Waals surface area (Å²) < 4.78 is 2.31. The van der Waals surface area contributed by atoms with Gasteiger partial charge < -0.3 is 4.57 Å². The Morgan fingerprint density at radius 3 is 2.44 bits per heavy atom. The number of carbonyl (C=O) groups is 1. The highest BCUT2D eigenvalue weighted by atomic mass is 16.6. The van der Waals surface area contributed by atoms with Crippen molar-refractivity contribution in [2.24, 2.45) is 11.8 Å². The van der Waals surface area contributed by atoms with Gasteiger partial charge in [0.1, 0.15) is 0 Å². The van der Waals surface area contributed by atoms with Gasteiger partial charge in [0.25, 0.3) is 5.69 Å². The third kappa shape index (κ3) is 5.34. The summed E-state index contributed by atoms with van der Waals surface area (Å²) in [6, 6.07) is 11.2. The Labute approximate surface area is 202 Å². The lowest BCUT2D eigenvalue weighted by atomic mass is 9.85. The number of hydrogen-bond donors (Lipinski definition) is 0. The Hall–Kier alpha value is -2.69. The first-order valence-corrected chi connectivity index (χ1v) is 13.2. The number of rotatable bonds is 11. The van der Waals surface area contributed by atoms with Crippen LogP contribution in [0.2, 0.25) is 0 Å². The standard InChI is InChI=1S/C29H38N2O3/c1-3-5-9-21(4-2)20-30-27-15-13-23(29(32)17-12-22-10-7-6-8-11-22)18-25(27)26-19-24(31(33)34)14-16-28(26)30/h13-16,18-19,21-22H,3-12,17,20H2,1-2H3. The summed E-state index contributed by atoms with van der Waals surface area (Å²) in [6.45, 7) is 5.35. The molecule has 1 atom stereocenters. The van der Waals surface area contributed by atoms with E-state index < -0.39 is 0 Å². The molecule has 3 aromatic rings. The van der Waals surface area contributed by atoms with E-state index in [4.69, 9.17) is 0 Å². The molecule has 1 aliphatic rings. The number of hydrogen-bond acceptors (Lipinski definition) is 3. The molecular formula is C29H38N2O3. The molecule has 1 aliphatic carbocycles. The Balaban J connectivity index is 1.69. The molecule has 1 saturated carbocycles. The van der Waals surface area contributed by atoms with Crippen molar-refractivity contribution in [2.75, 3.05) is 0 Å². The van der Waals surface area contributed by atoms with E-state index in [1.807, 2.05) is 18.2 Å². The zero-order valence-electron chi connectivity index (χ0n) is 20.7. The van der Waals surface area contributed by atoms with Gasteiger partial charge in [-0.15, -0.1) is 0 Å². The second-order valence-corrected chi connectivity index (χ2v) is 10.2. The quantitative estimate of drug-likeness (QED) is 0.163. The van der Waals surface area contributed by atoms with Gasteiger partial charge in [0, 0.05) is 52.5 Å². The molecule has 1 fully saturated rings. The maximum Gasteiger partial charge on any atom is 0.270 e. The molecule has 182 valence electrons. The number of nitro groups is 1. The van der Waals surface area contributed by atoms with Crippen LogP contribution in [0.25, 0.3) is 21.8 Å². The van der Waals surface area contributed by atoms with Crippen molar-refractivity contribution in [1.29, 1.82) is 0 Å². The van der Waals surface area contributed by atoms with Crippen molar-refractivity contribution in [3.05, 3.63) is 52.1 Å². The van der Waals surface area contributed by atoms with Gasteiger partial charge in [-0.25, -0.2) is 0 Å². The van der Waals surface area contributed by atoms with Gasteiger partial charge in [0.05, 0.1) is 4.92 Å². The van der Waals surface area contributed by atoms with Crippen molar-refractivity contribution in [2.45, 2.75) is 91.0 Å². The minimum Gasteiger partial charge on any atom is -0.340 e. The molecule has 4 rings (SSSR count). The molecule has 0 spiro atoms. The number of Topliss-reactive ketones (excluding diaryl/α,β-unsaturated/α-hetero) is 1. The monoisotopic (exact) mass is 462 g/mol. The van der Waals surface area contributed by atoms with Crippen LogP contribution >= 0.6 is 0 Å². The van der Waals surface area contributed by atoms with Gasteiger partial charge in [-0.05, 0) is 48.9 Å². The fourth-order valence-electron chi connectivity index (χ4n) is 5.71. The molecular weight excluding hydrogens is 424 g/mol. The van der Waals surface area contributed by atoms with E-state index >= 15 is 0 Å². The number of aromatic nitrogens is 1. The zero-order chi connectivity index (χ0) is 24.1. The van der Waals surface area contributed by atoms with Crippen LogP contribution in [-0.2, 0) is 6.54 Å². The molecule has 0 bridgehead atoms. The summed E-state index contributed by atoms with van der Waals surface area (Å²) in [4.78, 5) is 24.2. The fourth-order valence-corrected chi connectivity index (χ4v) is 5.71. The van der Waals surface area contributed by atoms with E-state index in [9.17, 15) is 14.9 Å². The summed E-state index contributed by atoms with van der Waals surface area (Å²) in [5.41, 5.74) is 2.90. The molecule has 1 heterocycles. The molecule has 1 unspecified atom stereocenters. The van der Waals surface area contributed by atoms with Crippen molar-refractivity contribution in [1.82, 2.24) is 4.57 Å². The Bertz CT molecular complexity index is 1160. The number of benzene rings is 2. The minimum absolute atomic E-state index is 0.0959. The SMILES string of the molecule is CCCCC(CC)Cn1c2ccc(C(=O)CCC3CCCCC3)cc2c2cc([N+](=O)[O-])ccc21. The molecule has 0 aliphatic heterocycles. The maximum absolute atomic E-state index is 13.1. The summed E-state index contributed by atoms with van der Waals surface area (Å²) in [5, 5.41) is 13.3. The average molecular weight is 463 g/mol. The first-order chi connectivity index (χ1) is 16.5. The predicted octanol–water partition coefficient (Wildman–Crippen LogP) is 8.46. The maximum atomic E-state index is 13.1. The largest absolute Gasteiger partial charge is 0.340 e. The summed E-state index contributed by atoms with van der Waals surface area (Å²) in [5.74, 6) is 1.43. The lowest BCUT2D eigenvalue weighted by molar-refractivity contribution is -0.384. The summed E-state index contributed by atoms with van der Waals surface area (Å²) >= 11 is 0. The average Bonchev–Trinajstić information content (AvgIpc) is 3.17.